The van der Waals surface area contributed by atoms with Crippen molar-refractivity contribution >= 4 is 22.4 Å². The number of benzene rings is 2. The van der Waals surface area contributed by atoms with Crippen molar-refractivity contribution in [2.24, 2.45) is 0 Å². The van der Waals surface area contributed by atoms with E-state index in [0.717, 1.165) is 76.5 Å². The molecule has 8 heteroatoms. The third kappa shape index (κ3) is 4.83. The molecular formula is C28H33BrN2O5. The average molecular weight is 557 g/mol. The van der Waals surface area contributed by atoms with Gasteiger partial charge in [-0.1, -0.05) is 19.8 Å². The second-order valence-electron chi connectivity index (χ2n) is 8.98. The minimum atomic E-state index is -0.232. The first kappa shape index (κ1) is 26.1. The predicted molar refractivity (Wildman–Crippen MR) is 134 cm³/mol. The third-order valence-electron chi connectivity index (χ3n) is 6.79. The van der Waals surface area contributed by atoms with Crippen LogP contribution in [0.1, 0.15) is 44.2 Å². The zero-order valence-corrected chi connectivity index (χ0v) is 22.7. The van der Waals surface area contributed by atoms with Crippen molar-refractivity contribution in [2.45, 2.75) is 52.5 Å². The van der Waals surface area contributed by atoms with Gasteiger partial charge < -0.3 is 41.2 Å². The Balaban J connectivity index is 0.00000304. The maximum Gasteiger partial charge on any atom is 0.310 e. The molecule has 1 N–H and O–H groups in total. The van der Waals surface area contributed by atoms with Crippen LogP contribution in [0.3, 0.4) is 0 Å². The molecule has 0 spiro atoms. The monoisotopic (exact) mass is 556 g/mol. The van der Waals surface area contributed by atoms with Crippen LogP contribution in [-0.2, 0) is 28.9 Å². The molecule has 3 heterocycles. The molecule has 0 saturated heterocycles. The molecule has 0 aliphatic carbocycles. The predicted octanol–water partition coefficient (Wildman–Crippen LogP) is 1.80. The summed E-state index contributed by atoms with van der Waals surface area (Å²) in [5, 5.41) is 5.69. The lowest BCUT2D eigenvalue weighted by molar-refractivity contribution is -0.686. The first-order valence-corrected chi connectivity index (χ1v) is 12.5. The first-order valence-electron chi connectivity index (χ1n) is 12.5. The van der Waals surface area contributed by atoms with E-state index in [1.807, 2.05) is 13.0 Å². The Kier molecular flexibility index (Phi) is 8.24. The number of nitrogens with one attached hydrogen (secondary N) is 1. The molecule has 0 unspecified atom stereocenters. The zero-order valence-electron chi connectivity index (χ0n) is 21.1. The van der Waals surface area contributed by atoms with Crippen LogP contribution in [0.15, 0.2) is 30.5 Å². The van der Waals surface area contributed by atoms with E-state index in [4.69, 9.17) is 18.9 Å². The van der Waals surface area contributed by atoms with Gasteiger partial charge in [0.15, 0.2) is 24.2 Å². The molecule has 2 aromatic carbocycles. The van der Waals surface area contributed by atoms with E-state index in [0.29, 0.717) is 6.61 Å². The van der Waals surface area contributed by atoms with Crippen molar-refractivity contribution in [3.8, 4) is 28.5 Å². The topological polar surface area (TPSA) is 69.9 Å². The molecule has 2 aliphatic heterocycles. The lowest BCUT2D eigenvalue weighted by atomic mass is 9.89. The van der Waals surface area contributed by atoms with Gasteiger partial charge in [-0.15, -0.1) is 0 Å². The number of methoxy groups -OCH3 is 1. The highest BCUT2D eigenvalue weighted by Crippen LogP contribution is 2.43. The number of aryl methyl sites for hydroxylation is 2. The Morgan fingerprint density at radius 3 is 2.67 bits per heavy atom. The number of anilines is 1. The minimum Gasteiger partial charge on any atom is -1.00 e. The summed E-state index contributed by atoms with van der Waals surface area (Å²) in [6.45, 7) is 6.30. The van der Waals surface area contributed by atoms with Gasteiger partial charge in [-0.25, -0.2) is 0 Å². The molecule has 7 nitrogen and oxygen atoms in total. The zero-order chi connectivity index (χ0) is 24.4. The standard InChI is InChI=1S/C28H32N2O5.BrH/c1-4-6-7-11-29-27-22-16-30-12-10-18-13-24-25(35-17-34-24)14-20(18)28(30)21(15-26(31)33-5-2)19(22)8-9-23(27)32-3;/h8-9,13-14,16H,4-7,10-12,15,17H2,1-3H3;1H. The van der Waals surface area contributed by atoms with Crippen LogP contribution in [0.5, 0.6) is 17.2 Å². The number of hydrogen-bond acceptors (Lipinski definition) is 6. The molecule has 0 fully saturated rings. The molecule has 36 heavy (non-hydrogen) atoms. The van der Waals surface area contributed by atoms with Crippen LogP contribution in [-0.4, -0.2) is 33.0 Å². The summed E-state index contributed by atoms with van der Waals surface area (Å²) in [7, 11) is 1.70. The van der Waals surface area contributed by atoms with Gasteiger partial charge in [0.25, 0.3) is 0 Å². The van der Waals surface area contributed by atoms with E-state index in [2.05, 4.69) is 41.2 Å². The van der Waals surface area contributed by atoms with Gasteiger partial charge in [-0.05, 0) is 43.2 Å². The Bertz CT molecular complexity index is 1280. The van der Waals surface area contributed by atoms with Gasteiger partial charge in [0.05, 0.1) is 36.8 Å². The van der Waals surface area contributed by atoms with E-state index in [1.165, 1.54) is 18.4 Å². The minimum absolute atomic E-state index is 0. The van der Waals surface area contributed by atoms with Gasteiger partial charge in [0, 0.05) is 23.9 Å². The molecule has 0 bridgehead atoms. The van der Waals surface area contributed by atoms with Crippen molar-refractivity contribution in [1.82, 2.24) is 0 Å². The van der Waals surface area contributed by atoms with E-state index in [1.54, 1.807) is 7.11 Å². The number of rotatable bonds is 9. The fourth-order valence-electron chi connectivity index (χ4n) is 5.14. The van der Waals surface area contributed by atoms with Crippen LogP contribution in [0, 0.1) is 0 Å². The van der Waals surface area contributed by atoms with Crippen molar-refractivity contribution in [1.29, 1.82) is 0 Å². The lowest BCUT2D eigenvalue weighted by Crippen LogP contribution is -3.00. The Hall–Kier alpha value is -3.00. The van der Waals surface area contributed by atoms with Crippen LogP contribution in [0.25, 0.3) is 22.0 Å². The second-order valence-corrected chi connectivity index (χ2v) is 8.98. The highest BCUT2D eigenvalue weighted by Gasteiger charge is 2.33. The number of esters is 1. The summed E-state index contributed by atoms with van der Waals surface area (Å²) in [6.07, 6.45) is 6.68. The van der Waals surface area contributed by atoms with Gasteiger partial charge in [-0.2, -0.15) is 4.57 Å². The highest BCUT2D eigenvalue weighted by molar-refractivity contribution is 6.01. The summed E-state index contributed by atoms with van der Waals surface area (Å²) < 4.78 is 24.7. The average Bonchev–Trinajstić information content (AvgIpc) is 3.32. The molecule has 2 aliphatic rings. The van der Waals surface area contributed by atoms with Crippen LogP contribution in [0.2, 0.25) is 0 Å². The molecular weight excluding hydrogens is 524 g/mol. The Labute approximate surface area is 222 Å². The fraction of sp³-hybridized carbons (Fsp3) is 0.429. The molecule has 0 radical (unpaired) electrons. The third-order valence-corrected chi connectivity index (χ3v) is 6.79. The number of nitrogens with zero attached hydrogens (tertiary/aromatic N) is 1. The summed E-state index contributed by atoms with van der Waals surface area (Å²) >= 11 is 0. The number of hydrogen-bond donors (Lipinski definition) is 1. The number of aromatic nitrogens is 1. The number of fused-ring (bicyclic) bond motifs is 5. The van der Waals surface area contributed by atoms with Crippen molar-refractivity contribution in [3.05, 3.63) is 41.6 Å². The van der Waals surface area contributed by atoms with Crippen molar-refractivity contribution in [2.75, 3.05) is 32.4 Å². The normalized spacial score (nSPS) is 13.0. The van der Waals surface area contributed by atoms with E-state index < -0.39 is 0 Å². The van der Waals surface area contributed by atoms with Gasteiger partial charge in [0.2, 0.25) is 12.5 Å². The summed E-state index contributed by atoms with van der Waals surface area (Å²) in [5.74, 6) is 2.10. The van der Waals surface area contributed by atoms with Crippen LogP contribution in [0.4, 0.5) is 5.69 Å². The number of halogens is 1. The van der Waals surface area contributed by atoms with Crippen LogP contribution < -0.4 is 41.1 Å². The molecule has 1 aromatic heterocycles. The molecule has 0 atom stereocenters. The maximum absolute atomic E-state index is 12.8. The lowest BCUT2D eigenvalue weighted by Gasteiger charge is -2.21. The van der Waals surface area contributed by atoms with Crippen LogP contribution >= 0.6 is 0 Å². The van der Waals surface area contributed by atoms with Crippen molar-refractivity contribution < 1.29 is 45.3 Å². The largest absolute Gasteiger partial charge is 1.00 e. The number of pyridine rings is 1. The SMILES string of the molecule is CCCCCNc1c(OC)ccc2c(CC(=O)OCC)c3[n+](cc12)CCc1cc2c(cc1-3)OCO2.[Br-]. The maximum atomic E-state index is 12.8. The van der Waals surface area contributed by atoms with E-state index in [9.17, 15) is 4.79 Å². The molecule has 5 rings (SSSR count). The quantitative estimate of drug-likeness (QED) is 0.246. The van der Waals surface area contributed by atoms with Gasteiger partial charge >= 0.3 is 5.97 Å². The number of carbonyl (C=O) groups is 1. The second kappa shape index (κ2) is 11.4. The van der Waals surface area contributed by atoms with Gasteiger partial charge in [-0.3, -0.25) is 4.79 Å². The highest BCUT2D eigenvalue weighted by atomic mass is 79.9. The molecule has 0 amide bonds. The first-order chi connectivity index (χ1) is 17.1. The summed E-state index contributed by atoms with van der Waals surface area (Å²) in [4.78, 5) is 12.8. The number of carbonyl (C=O) groups excluding carboxylic acids is 1. The molecule has 192 valence electrons. The van der Waals surface area contributed by atoms with E-state index in [-0.39, 0.29) is 36.2 Å². The molecule has 3 aromatic rings. The van der Waals surface area contributed by atoms with E-state index >= 15 is 0 Å². The smallest absolute Gasteiger partial charge is 0.310 e. The number of ether oxygens (including phenoxy) is 4. The Morgan fingerprint density at radius 2 is 1.92 bits per heavy atom. The molecule has 0 saturated carbocycles. The summed E-state index contributed by atoms with van der Waals surface area (Å²) in [5.41, 5.74) is 5.24. The van der Waals surface area contributed by atoms with Gasteiger partial charge in [0.1, 0.15) is 5.75 Å². The number of unbranched alkanes of at least 4 members (excludes halogenated alkanes) is 2. The fourth-order valence-corrected chi connectivity index (χ4v) is 5.14. The summed E-state index contributed by atoms with van der Waals surface area (Å²) in [6, 6.07) is 8.17. The Morgan fingerprint density at radius 1 is 1.11 bits per heavy atom. The van der Waals surface area contributed by atoms with Crippen molar-refractivity contribution in [3.63, 3.8) is 0 Å².